The Labute approximate surface area is 107 Å². The molecule has 0 aliphatic carbocycles. The van der Waals surface area contributed by atoms with Gasteiger partial charge in [0.2, 0.25) is 0 Å². The Morgan fingerprint density at radius 3 is 2.81 bits per heavy atom. The molecule has 0 spiro atoms. The van der Waals surface area contributed by atoms with Crippen molar-refractivity contribution in [3.05, 3.63) is 32.9 Å². The lowest BCUT2D eigenvalue weighted by Crippen LogP contribution is -2.13. The van der Waals surface area contributed by atoms with Crippen LogP contribution in [0.2, 0.25) is 0 Å². The van der Waals surface area contributed by atoms with Crippen LogP contribution in [0, 0.1) is 14.9 Å². The van der Waals surface area contributed by atoms with Gasteiger partial charge in [-0.15, -0.1) is 0 Å². The number of carboxylic acid groups (broad SMARTS) is 1. The van der Waals surface area contributed by atoms with Crippen LogP contribution in [0.15, 0.2) is 18.2 Å². The van der Waals surface area contributed by atoms with E-state index in [1.54, 1.807) is 12.1 Å². The molecule has 0 aliphatic heterocycles. The first-order valence-electron chi connectivity index (χ1n) is 4.62. The zero-order chi connectivity index (χ0) is 12.1. The smallest absolute Gasteiger partial charge is 0.337 e. The summed E-state index contributed by atoms with van der Waals surface area (Å²) in [7, 11) is 0. The quantitative estimate of drug-likeness (QED) is 0.826. The third-order valence-electron chi connectivity index (χ3n) is 2.14. The number of halogens is 1. The number of hydrogen-bond donors (Lipinski definition) is 2. The molecule has 1 atom stereocenters. The van der Waals surface area contributed by atoms with Crippen molar-refractivity contribution in [3.8, 4) is 6.07 Å². The number of carboxylic acids is 1. The zero-order valence-electron chi connectivity index (χ0n) is 8.35. The van der Waals surface area contributed by atoms with Gasteiger partial charge >= 0.3 is 5.97 Å². The van der Waals surface area contributed by atoms with Gasteiger partial charge < -0.3 is 10.2 Å². The fraction of sp³-hybridized carbons (Fsp3) is 0.273. The number of benzene rings is 1. The van der Waals surface area contributed by atoms with E-state index in [1.807, 2.05) is 34.7 Å². The Morgan fingerprint density at radius 2 is 2.25 bits per heavy atom. The van der Waals surface area contributed by atoms with Crippen LogP contribution >= 0.6 is 22.6 Å². The maximum atomic E-state index is 10.7. The second kappa shape index (κ2) is 5.82. The van der Waals surface area contributed by atoms with Crippen molar-refractivity contribution >= 4 is 28.6 Å². The predicted molar refractivity (Wildman–Crippen MR) is 65.7 cm³/mol. The van der Waals surface area contributed by atoms with E-state index in [-0.39, 0.29) is 0 Å². The summed E-state index contributed by atoms with van der Waals surface area (Å²) in [5, 5.41) is 26.8. The highest BCUT2D eigenvalue weighted by atomic mass is 127. The highest BCUT2D eigenvalue weighted by Crippen LogP contribution is 2.22. The van der Waals surface area contributed by atoms with Crippen molar-refractivity contribution in [2.45, 2.75) is 18.9 Å². The van der Waals surface area contributed by atoms with E-state index < -0.39 is 12.1 Å². The van der Waals surface area contributed by atoms with E-state index in [2.05, 4.69) is 0 Å². The average Bonchev–Trinajstić information content (AvgIpc) is 2.26. The number of nitrogens with zero attached hydrogens (tertiary/aromatic N) is 1. The van der Waals surface area contributed by atoms with Gasteiger partial charge in [-0.3, -0.25) is 0 Å². The monoisotopic (exact) mass is 331 g/mol. The van der Waals surface area contributed by atoms with Gasteiger partial charge in [0.1, 0.15) is 0 Å². The molecule has 0 saturated heterocycles. The van der Waals surface area contributed by atoms with Gasteiger partial charge in [0, 0.05) is 9.99 Å². The molecule has 0 amide bonds. The molecule has 0 aliphatic rings. The minimum atomic E-state index is -1.52. The summed E-state index contributed by atoms with van der Waals surface area (Å²) in [5.41, 5.74) is 1.08. The fourth-order valence-electron chi connectivity index (χ4n) is 1.37. The van der Waals surface area contributed by atoms with Crippen molar-refractivity contribution in [3.63, 3.8) is 0 Å². The summed E-state index contributed by atoms with van der Waals surface area (Å²) in [6.07, 6.45) is -0.768. The van der Waals surface area contributed by atoms with Crippen LogP contribution < -0.4 is 0 Å². The third-order valence-corrected chi connectivity index (χ3v) is 2.81. The van der Waals surface area contributed by atoms with Gasteiger partial charge in [0.05, 0.1) is 6.07 Å². The minimum Gasteiger partial charge on any atom is -0.479 e. The predicted octanol–water partition coefficient (Wildman–Crippen LogP) is 1.87. The first-order valence-corrected chi connectivity index (χ1v) is 5.70. The summed E-state index contributed by atoms with van der Waals surface area (Å²) >= 11 is 2.05. The number of aliphatic carboxylic acids is 1. The summed E-state index contributed by atoms with van der Waals surface area (Å²) < 4.78 is 0.855. The average molecular weight is 331 g/mol. The van der Waals surface area contributed by atoms with E-state index >= 15 is 0 Å². The second-order valence-electron chi connectivity index (χ2n) is 3.24. The molecule has 84 valence electrons. The molecule has 2 N–H and O–H groups in total. The maximum absolute atomic E-state index is 10.7. The topological polar surface area (TPSA) is 81.3 Å². The van der Waals surface area contributed by atoms with Gasteiger partial charge in [0.15, 0.2) is 6.10 Å². The van der Waals surface area contributed by atoms with E-state index in [0.717, 1.165) is 3.57 Å². The molecule has 1 unspecified atom stereocenters. The molecule has 1 aromatic carbocycles. The van der Waals surface area contributed by atoms with E-state index in [9.17, 15) is 9.90 Å². The van der Waals surface area contributed by atoms with Crippen molar-refractivity contribution in [2.24, 2.45) is 0 Å². The molecular weight excluding hydrogens is 321 g/mol. The Morgan fingerprint density at radius 1 is 1.56 bits per heavy atom. The number of aryl methyl sites for hydroxylation is 1. The Balaban J connectivity index is 3.08. The van der Waals surface area contributed by atoms with Crippen LogP contribution in [0.3, 0.4) is 0 Å². The molecule has 16 heavy (non-hydrogen) atoms. The maximum Gasteiger partial charge on any atom is 0.337 e. The first-order chi connectivity index (χ1) is 7.56. The Kier molecular flexibility index (Phi) is 4.71. The molecule has 0 aromatic heterocycles. The van der Waals surface area contributed by atoms with Crippen LogP contribution in [-0.2, 0) is 11.2 Å². The lowest BCUT2D eigenvalue weighted by atomic mass is 9.99. The number of rotatable bonds is 4. The number of hydrogen-bond acceptors (Lipinski definition) is 3. The van der Waals surface area contributed by atoms with Crippen LogP contribution in [0.5, 0.6) is 0 Å². The summed E-state index contributed by atoms with van der Waals surface area (Å²) in [4.78, 5) is 10.7. The largest absolute Gasteiger partial charge is 0.479 e. The van der Waals surface area contributed by atoms with Crippen molar-refractivity contribution < 1.29 is 15.0 Å². The lowest BCUT2D eigenvalue weighted by molar-refractivity contribution is -0.147. The standard InChI is InChI=1S/C11H10INO3/c12-8-4-3-7(2-1-5-13)9(6-8)10(14)11(15)16/h3-4,6,10,14H,1-2H2,(H,15,16). The lowest BCUT2D eigenvalue weighted by Gasteiger charge is -2.11. The molecule has 5 heteroatoms. The van der Waals surface area contributed by atoms with Crippen molar-refractivity contribution in [1.29, 1.82) is 5.26 Å². The highest BCUT2D eigenvalue weighted by Gasteiger charge is 2.19. The van der Waals surface area contributed by atoms with Gasteiger partial charge in [-0.25, -0.2) is 4.79 Å². The van der Waals surface area contributed by atoms with Crippen LogP contribution in [0.1, 0.15) is 23.7 Å². The van der Waals surface area contributed by atoms with Crippen LogP contribution in [0.4, 0.5) is 0 Å². The number of carbonyl (C=O) groups is 1. The number of aliphatic hydroxyl groups excluding tert-OH is 1. The van der Waals surface area contributed by atoms with E-state index in [4.69, 9.17) is 10.4 Å². The zero-order valence-corrected chi connectivity index (χ0v) is 10.5. The van der Waals surface area contributed by atoms with Gasteiger partial charge in [-0.2, -0.15) is 5.26 Å². The molecule has 0 fully saturated rings. The summed E-state index contributed by atoms with van der Waals surface area (Å²) in [6, 6.07) is 7.20. The van der Waals surface area contributed by atoms with Crippen molar-refractivity contribution in [1.82, 2.24) is 0 Å². The molecule has 0 saturated carbocycles. The molecule has 1 aromatic rings. The summed E-state index contributed by atoms with van der Waals surface area (Å²) in [5.74, 6) is -1.28. The Bertz CT molecular complexity index is 439. The van der Waals surface area contributed by atoms with Gasteiger partial charge in [-0.05, 0) is 52.3 Å². The molecule has 4 nitrogen and oxygen atoms in total. The molecule has 1 rings (SSSR count). The SMILES string of the molecule is N#CCCc1ccc(I)cc1C(O)C(=O)O. The minimum absolute atomic E-state index is 0.305. The fourth-order valence-corrected chi connectivity index (χ4v) is 1.89. The van der Waals surface area contributed by atoms with Crippen LogP contribution in [0.25, 0.3) is 0 Å². The molecule has 0 radical (unpaired) electrons. The first kappa shape index (κ1) is 12.9. The third kappa shape index (κ3) is 3.18. The van der Waals surface area contributed by atoms with Crippen LogP contribution in [-0.4, -0.2) is 16.2 Å². The number of aliphatic hydroxyl groups is 1. The van der Waals surface area contributed by atoms with Gasteiger partial charge in [0.25, 0.3) is 0 Å². The van der Waals surface area contributed by atoms with E-state index in [0.29, 0.717) is 24.0 Å². The number of nitriles is 1. The summed E-state index contributed by atoms with van der Waals surface area (Å²) in [6.45, 7) is 0. The molecular formula is C11H10INO3. The molecule has 0 bridgehead atoms. The van der Waals surface area contributed by atoms with E-state index in [1.165, 1.54) is 0 Å². The molecule has 0 heterocycles. The second-order valence-corrected chi connectivity index (χ2v) is 4.49. The van der Waals surface area contributed by atoms with Gasteiger partial charge in [-0.1, -0.05) is 6.07 Å². The highest BCUT2D eigenvalue weighted by molar-refractivity contribution is 14.1. The van der Waals surface area contributed by atoms with Crippen molar-refractivity contribution in [2.75, 3.05) is 0 Å². The Hall–Kier alpha value is -1.13. The normalized spacial score (nSPS) is 11.8.